The average molecular weight is 352 g/mol. The second-order valence-corrected chi connectivity index (χ2v) is 7.08. The number of nitrogens with zero attached hydrogens (tertiary/aromatic N) is 3. The van der Waals surface area contributed by atoms with E-state index in [1.165, 1.54) is 5.56 Å². The number of fused-ring (bicyclic) bond motifs is 1. The van der Waals surface area contributed by atoms with Crippen LogP contribution in [0.5, 0.6) is 0 Å². The lowest BCUT2D eigenvalue weighted by Crippen LogP contribution is -2.42. The van der Waals surface area contributed by atoms with Crippen molar-refractivity contribution in [1.82, 2.24) is 19.6 Å². The molecule has 1 aliphatic heterocycles. The van der Waals surface area contributed by atoms with Gasteiger partial charge in [-0.15, -0.1) is 0 Å². The quantitative estimate of drug-likeness (QED) is 0.767. The zero-order valence-corrected chi connectivity index (χ0v) is 15.0. The van der Waals surface area contributed by atoms with Gasteiger partial charge in [-0.25, -0.2) is 4.98 Å². The van der Waals surface area contributed by atoms with Gasteiger partial charge in [0.15, 0.2) is 0 Å². The van der Waals surface area contributed by atoms with Crippen LogP contribution in [0.3, 0.4) is 0 Å². The van der Waals surface area contributed by atoms with Crippen LogP contribution in [0.15, 0.2) is 47.3 Å². The first-order valence-electron chi connectivity index (χ1n) is 9.14. The predicted molar refractivity (Wildman–Crippen MR) is 98.5 cm³/mol. The molecule has 1 saturated heterocycles. The Balaban J connectivity index is 1.33. The SMILES string of the molecule is Cc1ccc2nc(CNC(=O)[C@@H]3CCCN(Cc4ccco4)C3)cn2c1. The first-order chi connectivity index (χ1) is 12.7. The third-order valence-electron chi connectivity index (χ3n) is 4.93. The highest BCUT2D eigenvalue weighted by molar-refractivity contribution is 5.78. The lowest BCUT2D eigenvalue weighted by atomic mass is 9.97. The van der Waals surface area contributed by atoms with Crippen molar-refractivity contribution in [2.24, 2.45) is 5.92 Å². The van der Waals surface area contributed by atoms with Gasteiger partial charge in [-0.2, -0.15) is 0 Å². The number of hydrogen-bond donors (Lipinski definition) is 1. The van der Waals surface area contributed by atoms with Gasteiger partial charge in [0.25, 0.3) is 0 Å². The first kappa shape index (κ1) is 16.8. The summed E-state index contributed by atoms with van der Waals surface area (Å²) in [6, 6.07) is 7.92. The van der Waals surface area contributed by atoms with Gasteiger partial charge in [0.2, 0.25) is 5.91 Å². The zero-order chi connectivity index (χ0) is 17.9. The maximum absolute atomic E-state index is 12.6. The Labute approximate surface area is 152 Å². The third-order valence-corrected chi connectivity index (χ3v) is 4.93. The van der Waals surface area contributed by atoms with Gasteiger partial charge >= 0.3 is 0 Å². The Morgan fingerprint density at radius 3 is 3.12 bits per heavy atom. The molecule has 3 aromatic heterocycles. The van der Waals surface area contributed by atoms with Crippen LogP contribution in [0.1, 0.15) is 29.9 Å². The molecule has 0 unspecified atom stereocenters. The normalized spacial score (nSPS) is 18.3. The maximum atomic E-state index is 12.6. The third kappa shape index (κ3) is 3.80. The second kappa shape index (κ2) is 7.33. The Hall–Kier alpha value is -2.60. The van der Waals surface area contributed by atoms with Crippen molar-refractivity contribution in [3.8, 4) is 0 Å². The molecule has 1 fully saturated rings. The van der Waals surface area contributed by atoms with E-state index in [1.54, 1.807) is 6.26 Å². The van der Waals surface area contributed by atoms with E-state index in [0.29, 0.717) is 6.54 Å². The summed E-state index contributed by atoms with van der Waals surface area (Å²) in [5.41, 5.74) is 2.97. The maximum Gasteiger partial charge on any atom is 0.224 e. The molecule has 4 heterocycles. The number of imidazole rings is 1. The molecule has 6 nitrogen and oxygen atoms in total. The van der Waals surface area contributed by atoms with Crippen LogP contribution in [-0.4, -0.2) is 33.3 Å². The molecule has 0 saturated carbocycles. The number of carbonyl (C=O) groups excluding carboxylic acids is 1. The van der Waals surface area contributed by atoms with Crippen LogP contribution < -0.4 is 5.32 Å². The predicted octanol–water partition coefficient (Wildman–Crippen LogP) is 2.76. The van der Waals surface area contributed by atoms with E-state index < -0.39 is 0 Å². The van der Waals surface area contributed by atoms with Gasteiger partial charge < -0.3 is 14.1 Å². The van der Waals surface area contributed by atoms with Gasteiger partial charge in [-0.1, -0.05) is 6.07 Å². The molecule has 26 heavy (non-hydrogen) atoms. The van der Waals surface area contributed by atoms with Gasteiger partial charge in [-0.3, -0.25) is 9.69 Å². The number of likely N-dealkylation sites (tertiary alicyclic amines) is 1. The molecule has 0 aliphatic carbocycles. The summed E-state index contributed by atoms with van der Waals surface area (Å²) in [5.74, 6) is 1.09. The van der Waals surface area contributed by atoms with Crippen LogP contribution in [0.2, 0.25) is 0 Å². The largest absolute Gasteiger partial charge is 0.468 e. The van der Waals surface area contributed by atoms with E-state index >= 15 is 0 Å². The van der Waals surface area contributed by atoms with Gasteiger partial charge in [-0.05, 0) is 50.1 Å². The number of hydrogen-bond acceptors (Lipinski definition) is 4. The second-order valence-electron chi connectivity index (χ2n) is 7.08. The molecular formula is C20H24N4O2. The highest BCUT2D eigenvalue weighted by atomic mass is 16.3. The highest BCUT2D eigenvalue weighted by Crippen LogP contribution is 2.19. The van der Waals surface area contributed by atoms with Crippen molar-refractivity contribution in [2.45, 2.75) is 32.9 Å². The monoisotopic (exact) mass is 352 g/mol. The van der Waals surface area contributed by atoms with E-state index in [-0.39, 0.29) is 11.8 Å². The molecule has 1 aliphatic rings. The van der Waals surface area contributed by atoms with Crippen LogP contribution in [-0.2, 0) is 17.9 Å². The molecule has 4 rings (SSSR count). The van der Waals surface area contributed by atoms with E-state index in [0.717, 1.165) is 49.6 Å². The zero-order valence-electron chi connectivity index (χ0n) is 15.0. The smallest absolute Gasteiger partial charge is 0.224 e. The fourth-order valence-electron chi connectivity index (χ4n) is 3.60. The summed E-state index contributed by atoms with van der Waals surface area (Å²) in [4.78, 5) is 19.4. The number of aryl methyl sites for hydroxylation is 1. The molecule has 0 bridgehead atoms. The Morgan fingerprint density at radius 1 is 1.35 bits per heavy atom. The summed E-state index contributed by atoms with van der Waals surface area (Å²) in [6.07, 6.45) is 7.69. The first-order valence-corrected chi connectivity index (χ1v) is 9.14. The van der Waals surface area contributed by atoms with Crippen LogP contribution in [0, 0.1) is 12.8 Å². The molecule has 1 N–H and O–H groups in total. The fourth-order valence-corrected chi connectivity index (χ4v) is 3.60. The molecule has 6 heteroatoms. The highest BCUT2D eigenvalue weighted by Gasteiger charge is 2.26. The van der Waals surface area contributed by atoms with E-state index in [1.807, 2.05) is 41.1 Å². The van der Waals surface area contributed by atoms with Crippen molar-refractivity contribution >= 4 is 11.6 Å². The van der Waals surface area contributed by atoms with E-state index in [9.17, 15) is 4.79 Å². The van der Waals surface area contributed by atoms with Crippen molar-refractivity contribution < 1.29 is 9.21 Å². The number of rotatable bonds is 5. The van der Waals surface area contributed by atoms with Crippen LogP contribution in [0.4, 0.5) is 0 Å². The van der Waals surface area contributed by atoms with E-state index in [4.69, 9.17) is 4.42 Å². The molecule has 3 aromatic rings. The number of amides is 1. The van der Waals surface area contributed by atoms with Crippen molar-refractivity contribution in [2.75, 3.05) is 13.1 Å². The number of furan rings is 1. The summed E-state index contributed by atoms with van der Waals surface area (Å²) >= 11 is 0. The Morgan fingerprint density at radius 2 is 2.27 bits per heavy atom. The van der Waals surface area contributed by atoms with Crippen molar-refractivity contribution in [1.29, 1.82) is 0 Å². The molecule has 0 spiro atoms. The summed E-state index contributed by atoms with van der Waals surface area (Å²) in [7, 11) is 0. The van der Waals surface area contributed by atoms with E-state index in [2.05, 4.69) is 22.1 Å². The Bertz CT molecular complexity index is 884. The molecule has 1 amide bonds. The minimum absolute atomic E-state index is 0.0259. The molecule has 1 atom stereocenters. The number of pyridine rings is 1. The van der Waals surface area contributed by atoms with Gasteiger partial charge in [0.05, 0.1) is 31.0 Å². The number of piperidine rings is 1. The van der Waals surface area contributed by atoms with Crippen LogP contribution >= 0.6 is 0 Å². The molecule has 0 aromatic carbocycles. The molecular weight excluding hydrogens is 328 g/mol. The topological polar surface area (TPSA) is 62.8 Å². The Kier molecular flexibility index (Phi) is 4.75. The fraction of sp³-hybridized carbons (Fsp3) is 0.400. The van der Waals surface area contributed by atoms with Gasteiger partial charge in [0.1, 0.15) is 11.4 Å². The van der Waals surface area contributed by atoms with Crippen molar-refractivity contribution in [3.63, 3.8) is 0 Å². The average Bonchev–Trinajstić information content (AvgIpc) is 3.28. The lowest BCUT2D eigenvalue weighted by molar-refractivity contribution is -0.127. The number of nitrogens with one attached hydrogen (secondary N) is 1. The summed E-state index contributed by atoms with van der Waals surface area (Å²) < 4.78 is 7.42. The molecule has 136 valence electrons. The lowest BCUT2D eigenvalue weighted by Gasteiger charge is -2.31. The summed E-state index contributed by atoms with van der Waals surface area (Å²) in [6.45, 7) is 5.07. The number of carbonyl (C=O) groups is 1. The minimum atomic E-state index is 0.0259. The number of aromatic nitrogens is 2. The standard InChI is InChI=1S/C20H24N4O2/c1-15-6-7-19-22-17(13-24(19)11-15)10-21-20(25)16-4-2-8-23(12-16)14-18-5-3-9-26-18/h3,5-7,9,11,13,16H,2,4,8,10,12,14H2,1H3,(H,21,25)/t16-/m1/s1. The van der Waals surface area contributed by atoms with Crippen LogP contribution in [0.25, 0.3) is 5.65 Å². The van der Waals surface area contributed by atoms with Crippen molar-refractivity contribution in [3.05, 3.63) is 59.9 Å². The molecule has 0 radical (unpaired) electrons. The minimum Gasteiger partial charge on any atom is -0.468 e. The summed E-state index contributed by atoms with van der Waals surface area (Å²) in [5, 5.41) is 3.06. The van der Waals surface area contributed by atoms with Gasteiger partial charge in [0, 0.05) is 18.9 Å².